The molecule has 0 bridgehead atoms. The number of methoxy groups -OCH3 is 1. The van der Waals surface area contributed by atoms with Gasteiger partial charge in [-0.05, 0) is 42.4 Å². The molecule has 26 heavy (non-hydrogen) atoms. The number of aromatic amines is 1. The normalized spacial score (nSPS) is 11.0. The van der Waals surface area contributed by atoms with Gasteiger partial charge in [0, 0.05) is 5.56 Å². The molecule has 2 N–H and O–H groups in total. The van der Waals surface area contributed by atoms with Crippen LogP contribution < -0.4 is 4.74 Å². The standard InChI is InChI=1S/C19H18N4O2S/c1-3-7-13-8-6-9-14(17(13)24)12-20-23-18(21-22-19(23)26)15-10-4-5-11-16(15)25-2/h3-6,8-12,24H,1,7H2,2H3,(H,22,26)/b20-12-. The minimum Gasteiger partial charge on any atom is -0.507 e. The van der Waals surface area contributed by atoms with Crippen LogP contribution in [0.2, 0.25) is 0 Å². The Morgan fingerprint density at radius 2 is 2.12 bits per heavy atom. The van der Waals surface area contributed by atoms with Crippen LogP contribution in [0.3, 0.4) is 0 Å². The minimum atomic E-state index is 0.171. The number of phenolic OH excluding ortho intramolecular Hbond substituents is 1. The summed E-state index contributed by atoms with van der Waals surface area (Å²) in [7, 11) is 1.59. The maximum absolute atomic E-state index is 10.4. The number of para-hydroxylation sites is 2. The second-order valence-electron chi connectivity index (χ2n) is 5.46. The Balaban J connectivity index is 2.03. The fourth-order valence-corrected chi connectivity index (χ4v) is 2.74. The van der Waals surface area contributed by atoms with Crippen LogP contribution in [0.1, 0.15) is 11.1 Å². The van der Waals surface area contributed by atoms with E-state index in [2.05, 4.69) is 21.9 Å². The van der Waals surface area contributed by atoms with E-state index in [1.165, 1.54) is 4.68 Å². The third-order valence-electron chi connectivity index (χ3n) is 3.83. The third-order valence-corrected chi connectivity index (χ3v) is 4.09. The second-order valence-corrected chi connectivity index (χ2v) is 5.84. The van der Waals surface area contributed by atoms with Crippen molar-refractivity contribution in [3.63, 3.8) is 0 Å². The summed E-state index contributed by atoms with van der Waals surface area (Å²) in [6.07, 6.45) is 3.86. The van der Waals surface area contributed by atoms with Crippen LogP contribution in [0.25, 0.3) is 11.4 Å². The minimum absolute atomic E-state index is 0.171. The lowest BCUT2D eigenvalue weighted by molar-refractivity contribution is 0.416. The van der Waals surface area contributed by atoms with E-state index in [-0.39, 0.29) is 5.75 Å². The Kier molecular flexibility index (Phi) is 5.28. The number of hydrogen-bond acceptors (Lipinski definition) is 5. The molecule has 0 aliphatic rings. The number of aromatic hydroxyl groups is 1. The zero-order valence-corrected chi connectivity index (χ0v) is 15.0. The lowest BCUT2D eigenvalue weighted by Crippen LogP contribution is -1.97. The second kappa shape index (κ2) is 7.79. The van der Waals surface area contributed by atoms with E-state index in [9.17, 15) is 5.11 Å². The molecule has 132 valence electrons. The summed E-state index contributed by atoms with van der Waals surface area (Å²) in [5.41, 5.74) is 2.12. The summed E-state index contributed by atoms with van der Waals surface area (Å²) < 4.78 is 7.22. The van der Waals surface area contributed by atoms with Crippen LogP contribution in [0.5, 0.6) is 11.5 Å². The molecule has 0 saturated heterocycles. The lowest BCUT2D eigenvalue weighted by Gasteiger charge is -2.07. The van der Waals surface area contributed by atoms with Gasteiger partial charge in [0.15, 0.2) is 5.82 Å². The largest absolute Gasteiger partial charge is 0.507 e. The number of hydrogen-bond donors (Lipinski definition) is 2. The Hall–Kier alpha value is -3.19. The van der Waals surface area contributed by atoms with E-state index in [1.807, 2.05) is 36.4 Å². The highest BCUT2D eigenvalue weighted by Crippen LogP contribution is 2.28. The highest BCUT2D eigenvalue weighted by molar-refractivity contribution is 7.71. The van der Waals surface area contributed by atoms with Crippen molar-refractivity contribution < 1.29 is 9.84 Å². The van der Waals surface area contributed by atoms with Gasteiger partial charge in [-0.2, -0.15) is 14.9 Å². The molecule has 0 amide bonds. The van der Waals surface area contributed by atoms with Crippen molar-refractivity contribution in [2.45, 2.75) is 6.42 Å². The SMILES string of the molecule is C=CCc1cccc(/C=N\n2c(-c3ccccc3OC)n[nH]c2=S)c1O. The number of phenols is 1. The number of nitrogens with one attached hydrogen (secondary N) is 1. The molecule has 0 fully saturated rings. The zero-order chi connectivity index (χ0) is 18.5. The van der Waals surface area contributed by atoms with E-state index in [0.29, 0.717) is 28.3 Å². The molecule has 1 heterocycles. The lowest BCUT2D eigenvalue weighted by atomic mass is 10.1. The Bertz CT molecular complexity index is 1020. The first-order valence-electron chi connectivity index (χ1n) is 7.92. The number of aromatic nitrogens is 3. The van der Waals surface area contributed by atoms with Gasteiger partial charge in [0.2, 0.25) is 4.77 Å². The summed E-state index contributed by atoms with van der Waals surface area (Å²) in [6.45, 7) is 3.70. The number of allylic oxidation sites excluding steroid dienone is 1. The number of benzene rings is 2. The van der Waals surface area contributed by atoms with E-state index >= 15 is 0 Å². The van der Waals surface area contributed by atoms with E-state index in [1.54, 1.807) is 25.5 Å². The van der Waals surface area contributed by atoms with Crippen molar-refractivity contribution in [1.29, 1.82) is 0 Å². The molecule has 0 atom stereocenters. The monoisotopic (exact) mass is 366 g/mol. The molecular weight excluding hydrogens is 348 g/mol. The molecule has 7 heteroatoms. The fraction of sp³-hybridized carbons (Fsp3) is 0.105. The van der Waals surface area contributed by atoms with Crippen molar-refractivity contribution in [2.75, 3.05) is 7.11 Å². The molecule has 0 saturated carbocycles. The molecule has 0 radical (unpaired) electrons. The number of nitrogens with zero attached hydrogens (tertiary/aromatic N) is 3. The first kappa shape index (κ1) is 17.6. The maximum Gasteiger partial charge on any atom is 0.216 e. The van der Waals surface area contributed by atoms with Gasteiger partial charge in [-0.15, -0.1) is 6.58 Å². The predicted molar refractivity (Wildman–Crippen MR) is 104 cm³/mol. The van der Waals surface area contributed by atoms with Crippen LogP contribution in [-0.4, -0.2) is 33.3 Å². The Labute approximate surface area is 156 Å². The molecule has 0 spiro atoms. The van der Waals surface area contributed by atoms with Gasteiger partial charge < -0.3 is 9.84 Å². The quantitative estimate of drug-likeness (QED) is 0.394. The predicted octanol–water partition coefficient (Wildman–Crippen LogP) is 3.93. The van der Waals surface area contributed by atoms with Gasteiger partial charge in [0.25, 0.3) is 0 Å². The number of rotatable bonds is 6. The summed E-state index contributed by atoms with van der Waals surface area (Å²) in [5.74, 6) is 1.35. The Morgan fingerprint density at radius 1 is 1.31 bits per heavy atom. The summed E-state index contributed by atoms with van der Waals surface area (Å²) in [5, 5.41) is 21.8. The molecular formula is C19H18N4O2S. The van der Waals surface area contributed by atoms with Crippen LogP contribution in [0.15, 0.2) is 60.2 Å². The molecule has 0 aliphatic heterocycles. The number of H-pyrrole nitrogens is 1. The topological polar surface area (TPSA) is 75.4 Å². The van der Waals surface area contributed by atoms with E-state index < -0.39 is 0 Å². The van der Waals surface area contributed by atoms with E-state index in [4.69, 9.17) is 17.0 Å². The van der Waals surface area contributed by atoms with Gasteiger partial charge in [-0.3, -0.25) is 0 Å². The molecule has 3 aromatic rings. The van der Waals surface area contributed by atoms with Gasteiger partial charge in [0.05, 0.1) is 18.9 Å². The molecule has 2 aromatic carbocycles. The van der Waals surface area contributed by atoms with Crippen molar-refractivity contribution in [1.82, 2.24) is 14.9 Å². The van der Waals surface area contributed by atoms with Crippen LogP contribution >= 0.6 is 12.2 Å². The van der Waals surface area contributed by atoms with Crippen LogP contribution in [-0.2, 0) is 6.42 Å². The van der Waals surface area contributed by atoms with Gasteiger partial charge >= 0.3 is 0 Å². The average molecular weight is 366 g/mol. The van der Waals surface area contributed by atoms with Crippen LogP contribution in [0.4, 0.5) is 0 Å². The summed E-state index contributed by atoms with van der Waals surface area (Å²) >= 11 is 5.28. The van der Waals surface area contributed by atoms with E-state index in [0.717, 1.165) is 11.1 Å². The maximum atomic E-state index is 10.4. The highest BCUT2D eigenvalue weighted by atomic mass is 32.1. The summed E-state index contributed by atoms with van der Waals surface area (Å²) in [6, 6.07) is 12.9. The smallest absolute Gasteiger partial charge is 0.216 e. The fourth-order valence-electron chi connectivity index (χ4n) is 2.56. The molecule has 0 aliphatic carbocycles. The van der Waals surface area contributed by atoms with Gasteiger partial charge in [0.1, 0.15) is 11.5 Å². The molecule has 6 nitrogen and oxygen atoms in total. The Morgan fingerprint density at radius 3 is 2.88 bits per heavy atom. The van der Waals surface area contributed by atoms with Crippen molar-refractivity contribution in [3.8, 4) is 22.9 Å². The van der Waals surface area contributed by atoms with Gasteiger partial charge in [-0.1, -0.05) is 30.3 Å². The number of ether oxygens (including phenoxy) is 1. The van der Waals surface area contributed by atoms with Crippen molar-refractivity contribution in [3.05, 3.63) is 71.0 Å². The van der Waals surface area contributed by atoms with Crippen molar-refractivity contribution >= 4 is 18.4 Å². The van der Waals surface area contributed by atoms with Crippen molar-refractivity contribution in [2.24, 2.45) is 5.10 Å². The zero-order valence-electron chi connectivity index (χ0n) is 14.2. The molecule has 1 aromatic heterocycles. The summed E-state index contributed by atoms with van der Waals surface area (Å²) in [4.78, 5) is 0. The average Bonchev–Trinajstić information content (AvgIpc) is 3.03. The molecule has 0 unspecified atom stereocenters. The van der Waals surface area contributed by atoms with Gasteiger partial charge in [-0.25, -0.2) is 5.10 Å². The first-order valence-corrected chi connectivity index (χ1v) is 8.33. The highest BCUT2D eigenvalue weighted by Gasteiger charge is 2.13. The first-order chi connectivity index (χ1) is 12.7. The van der Waals surface area contributed by atoms with Crippen LogP contribution in [0, 0.1) is 4.77 Å². The third kappa shape index (κ3) is 3.43. The molecule has 3 rings (SSSR count).